The topological polar surface area (TPSA) is 105 Å². The molecule has 2 rings (SSSR count). The third kappa shape index (κ3) is 2.02. The molecule has 1 aliphatic heterocycles. The van der Waals surface area contributed by atoms with Gasteiger partial charge in [0.25, 0.3) is 5.56 Å². The molecule has 4 atom stereocenters. The number of H-pyrrole nitrogens is 1. The lowest BCUT2D eigenvalue weighted by molar-refractivity contribution is -0.0491. The lowest BCUT2D eigenvalue weighted by Crippen LogP contribution is -2.35. The standard InChI is InChI=1S/C9H11FN2O5/c10-6-7(15)4(3-13)17-8(6)12-2-1-5(14)11-9(12)16/h1-2,4,6-8,13,15H,3H2,(H,11,14,16)/t4-,6+,7?,8-/m1/s1. The Kier molecular flexibility index (Phi) is 3.09. The van der Waals surface area contributed by atoms with Gasteiger partial charge in [-0.1, -0.05) is 0 Å². The zero-order valence-electron chi connectivity index (χ0n) is 8.62. The van der Waals surface area contributed by atoms with Crippen LogP contribution in [0.3, 0.4) is 0 Å². The Labute approximate surface area is 94.1 Å². The van der Waals surface area contributed by atoms with Gasteiger partial charge in [0.15, 0.2) is 12.4 Å². The molecular formula is C9H11FN2O5. The van der Waals surface area contributed by atoms with Crippen LogP contribution in [-0.4, -0.2) is 44.8 Å². The molecule has 0 radical (unpaired) electrons. The first kappa shape index (κ1) is 12.0. The summed E-state index contributed by atoms with van der Waals surface area (Å²) in [6.45, 7) is -0.559. The van der Waals surface area contributed by atoms with Gasteiger partial charge in [-0.25, -0.2) is 9.18 Å². The highest BCUT2D eigenvalue weighted by atomic mass is 19.1. The molecule has 17 heavy (non-hydrogen) atoms. The first-order valence-corrected chi connectivity index (χ1v) is 4.94. The van der Waals surface area contributed by atoms with Gasteiger partial charge in [0.2, 0.25) is 0 Å². The van der Waals surface area contributed by atoms with Gasteiger partial charge < -0.3 is 14.9 Å². The number of halogens is 1. The van der Waals surface area contributed by atoms with Crippen molar-refractivity contribution in [2.45, 2.75) is 24.6 Å². The van der Waals surface area contributed by atoms with Crippen molar-refractivity contribution in [1.82, 2.24) is 9.55 Å². The normalized spacial score (nSPS) is 32.9. The van der Waals surface area contributed by atoms with Crippen molar-refractivity contribution in [3.8, 4) is 0 Å². The lowest BCUT2D eigenvalue weighted by Gasteiger charge is -2.15. The second-order valence-corrected chi connectivity index (χ2v) is 3.70. The second-order valence-electron chi connectivity index (χ2n) is 3.70. The molecule has 0 amide bonds. The van der Waals surface area contributed by atoms with Crippen molar-refractivity contribution in [1.29, 1.82) is 0 Å². The van der Waals surface area contributed by atoms with E-state index in [-0.39, 0.29) is 0 Å². The lowest BCUT2D eigenvalue weighted by atomic mass is 10.1. The molecule has 1 aromatic rings. The van der Waals surface area contributed by atoms with Crippen LogP contribution in [0.15, 0.2) is 21.9 Å². The summed E-state index contributed by atoms with van der Waals surface area (Å²) in [7, 11) is 0. The van der Waals surface area contributed by atoms with E-state index in [1.807, 2.05) is 4.98 Å². The Morgan fingerprint density at radius 3 is 2.76 bits per heavy atom. The number of hydrogen-bond donors (Lipinski definition) is 3. The summed E-state index contributed by atoms with van der Waals surface area (Å²) in [5, 5.41) is 18.2. The smallest absolute Gasteiger partial charge is 0.330 e. The fraction of sp³-hybridized carbons (Fsp3) is 0.556. The van der Waals surface area contributed by atoms with Crippen LogP contribution >= 0.6 is 0 Å². The molecule has 2 heterocycles. The highest BCUT2D eigenvalue weighted by Gasteiger charge is 2.45. The molecule has 0 bridgehead atoms. The van der Waals surface area contributed by atoms with Gasteiger partial charge in [-0.05, 0) is 0 Å². The maximum absolute atomic E-state index is 13.6. The number of nitrogens with zero attached hydrogens (tertiary/aromatic N) is 1. The Hall–Kier alpha value is -1.51. The third-order valence-electron chi connectivity index (χ3n) is 2.60. The highest BCUT2D eigenvalue weighted by molar-refractivity contribution is 4.93. The first-order valence-electron chi connectivity index (χ1n) is 4.94. The summed E-state index contributed by atoms with van der Waals surface area (Å²) < 4.78 is 19.5. The number of aliphatic hydroxyl groups is 2. The molecule has 0 saturated carbocycles. The minimum Gasteiger partial charge on any atom is -0.394 e. The molecule has 1 saturated heterocycles. The molecule has 3 N–H and O–H groups in total. The molecule has 1 aromatic heterocycles. The molecule has 0 aromatic carbocycles. The maximum Gasteiger partial charge on any atom is 0.330 e. The Balaban J connectivity index is 2.35. The van der Waals surface area contributed by atoms with E-state index in [0.29, 0.717) is 0 Å². The number of nitrogens with one attached hydrogen (secondary N) is 1. The van der Waals surface area contributed by atoms with Crippen molar-refractivity contribution in [2.75, 3.05) is 6.61 Å². The number of hydrogen-bond acceptors (Lipinski definition) is 5. The summed E-state index contributed by atoms with van der Waals surface area (Å²) in [5.41, 5.74) is -1.45. The predicted molar refractivity (Wildman–Crippen MR) is 53.2 cm³/mol. The van der Waals surface area contributed by atoms with E-state index in [9.17, 15) is 19.1 Å². The van der Waals surface area contributed by atoms with Crippen LogP contribution in [0.25, 0.3) is 0 Å². The fourth-order valence-electron chi connectivity index (χ4n) is 1.71. The molecule has 1 aliphatic rings. The predicted octanol–water partition coefficient (Wildman–Crippen LogP) is -1.87. The summed E-state index contributed by atoms with van der Waals surface area (Å²) in [5.74, 6) is 0. The minimum absolute atomic E-state index is 0.559. The minimum atomic E-state index is -1.85. The number of aromatic amines is 1. The Morgan fingerprint density at radius 1 is 1.53 bits per heavy atom. The summed E-state index contributed by atoms with van der Waals surface area (Å²) >= 11 is 0. The molecule has 0 aliphatic carbocycles. The number of alkyl halides is 1. The highest BCUT2D eigenvalue weighted by Crippen LogP contribution is 2.30. The fourth-order valence-corrected chi connectivity index (χ4v) is 1.71. The van der Waals surface area contributed by atoms with Crippen molar-refractivity contribution in [2.24, 2.45) is 0 Å². The van der Waals surface area contributed by atoms with Crippen molar-refractivity contribution < 1.29 is 19.3 Å². The van der Waals surface area contributed by atoms with Crippen LogP contribution in [0.4, 0.5) is 4.39 Å². The Bertz CT molecular complexity index is 513. The third-order valence-corrected chi connectivity index (χ3v) is 2.60. The SMILES string of the molecule is O=c1ccn([C@@H]2O[C@H](CO)C(O)[C@@H]2F)c(=O)[nH]1. The van der Waals surface area contributed by atoms with Gasteiger partial charge in [0.05, 0.1) is 6.61 Å². The van der Waals surface area contributed by atoms with E-state index in [1.54, 1.807) is 0 Å². The summed E-state index contributed by atoms with van der Waals surface area (Å²) in [6.07, 6.45) is -4.73. The molecule has 0 spiro atoms. The van der Waals surface area contributed by atoms with Gasteiger partial charge in [0, 0.05) is 12.3 Å². The van der Waals surface area contributed by atoms with Gasteiger partial charge in [-0.2, -0.15) is 0 Å². The van der Waals surface area contributed by atoms with Crippen LogP contribution in [0.2, 0.25) is 0 Å². The summed E-state index contributed by atoms with van der Waals surface area (Å²) in [6, 6.07) is 1.04. The van der Waals surface area contributed by atoms with Crippen LogP contribution in [0.1, 0.15) is 6.23 Å². The molecule has 7 nitrogen and oxygen atoms in total. The average Bonchev–Trinajstić information content (AvgIpc) is 2.57. The zero-order chi connectivity index (χ0) is 12.6. The first-order chi connectivity index (χ1) is 8.04. The quantitative estimate of drug-likeness (QED) is 0.567. The molecular weight excluding hydrogens is 235 g/mol. The van der Waals surface area contributed by atoms with Crippen LogP contribution in [0.5, 0.6) is 0 Å². The van der Waals surface area contributed by atoms with E-state index in [0.717, 1.165) is 16.8 Å². The van der Waals surface area contributed by atoms with Gasteiger partial charge in [0.1, 0.15) is 12.2 Å². The van der Waals surface area contributed by atoms with E-state index in [4.69, 9.17) is 9.84 Å². The van der Waals surface area contributed by atoms with E-state index < -0.39 is 42.5 Å². The van der Waals surface area contributed by atoms with Crippen molar-refractivity contribution in [3.63, 3.8) is 0 Å². The number of rotatable bonds is 2. The van der Waals surface area contributed by atoms with Crippen molar-refractivity contribution >= 4 is 0 Å². The molecule has 1 unspecified atom stereocenters. The van der Waals surface area contributed by atoms with Gasteiger partial charge >= 0.3 is 5.69 Å². The monoisotopic (exact) mass is 246 g/mol. The van der Waals surface area contributed by atoms with Crippen molar-refractivity contribution in [3.05, 3.63) is 33.1 Å². The van der Waals surface area contributed by atoms with Gasteiger partial charge in [-0.15, -0.1) is 0 Å². The molecule has 94 valence electrons. The van der Waals surface area contributed by atoms with E-state index in [2.05, 4.69) is 0 Å². The Morgan fingerprint density at radius 2 is 2.24 bits per heavy atom. The van der Waals surface area contributed by atoms with Crippen LogP contribution < -0.4 is 11.2 Å². The average molecular weight is 246 g/mol. The van der Waals surface area contributed by atoms with Crippen LogP contribution in [0, 0.1) is 0 Å². The van der Waals surface area contributed by atoms with Gasteiger partial charge in [-0.3, -0.25) is 14.3 Å². The number of aliphatic hydroxyl groups excluding tert-OH is 2. The summed E-state index contributed by atoms with van der Waals surface area (Å²) in [4.78, 5) is 24.2. The maximum atomic E-state index is 13.6. The number of ether oxygens (including phenoxy) is 1. The second kappa shape index (κ2) is 4.40. The van der Waals surface area contributed by atoms with E-state index >= 15 is 0 Å². The van der Waals surface area contributed by atoms with E-state index in [1.165, 1.54) is 0 Å². The number of aromatic nitrogens is 2. The molecule has 8 heteroatoms. The van der Waals surface area contributed by atoms with Crippen LogP contribution in [-0.2, 0) is 4.74 Å². The largest absolute Gasteiger partial charge is 0.394 e. The molecule has 1 fully saturated rings. The zero-order valence-corrected chi connectivity index (χ0v) is 8.62.